The molecule has 1 aromatic carbocycles. The molecule has 24 heavy (non-hydrogen) atoms. The van der Waals surface area contributed by atoms with Crippen molar-refractivity contribution in [2.45, 2.75) is 32.9 Å². The number of aryl methyl sites for hydroxylation is 1. The standard InChI is InChI=1S/C16H18F3N3O2/c1-3-4-5-24-10-7-11-9(2)6-13(15(23)22-20)21-14(11)12(8-10)16(17,18)19/h6-8H,3-5,20H2,1-2H3,(H,22,23). The summed E-state index contributed by atoms with van der Waals surface area (Å²) < 4.78 is 45.7. The molecule has 2 aromatic rings. The van der Waals surface area contributed by atoms with Crippen molar-refractivity contribution in [1.29, 1.82) is 0 Å². The molecule has 0 radical (unpaired) electrons. The van der Waals surface area contributed by atoms with E-state index in [0.717, 1.165) is 18.9 Å². The van der Waals surface area contributed by atoms with Crippen LogP contribution in [-0.4, -0.2) is 17.5 Å². The van der Waals surface area contributed by atoms with Crippen LogP contribution in [0.4, 0.5) is 13.2 Å². The smallest absolute Gasteiger partial charge is 0.418 e. The van der Waals surface area contributed by atoms with Crippen LogP contribution in [0.1, 0.15) is 41.4 Å². The normalized spacial score (nSPS) is 11.6. The first-order chi connectivity index (χ1) is 11.3. The molecule has 0 atom stereocenters. The van der Waals surface area contributed by atoms with Crippen LogP contribution in [0.15, 0.2) is 18.2 Å². The summed E-state index contributed by atoms with van der Waals surface area (Å²) in [4.78, 5) is 15.5. The average Bonchev–Trinajstić information content (AvgIpc) is 2.53. The number of benzene rings is 1. The quantitative estimate of drug-likeness (QED) is 0.378. The van der Waals surface area contributed by atoms with Gasteiger partial charge in [-0.2, -0.15) is 13.2 Å². The van der Waals surface area contributed by atoms with Gasteiger partial charge in [-0.05, 0) is 37.1 Å². The second-order valence-corrected chi connectivity index (χ2v) is 5.36. The van der Waals surface area contributed by atoms with Crippen molar-refractivity contribution < 1.29 is 22.7 Å². The number of carbonyl (C=O) groups excluding carboxylic acids is 1. The minimum absolute atomic E-state index is 0.129. The van der Waals surface area contributed by atoms with Gasteiger partial charge in [-0.1, -0.05) is 13.3 Å². The van der Waals surface area contributed by atoms with Crippen molar-refractivity contribution >= 4 is 16.8 Å². The third-order valence-corrected chi connectivity index (χ3v) is 3.53. The van der Waals surface area contributed by atoms with E-state index in [0.29, 0.717) is 12.2 Å². The number of nitrogen functional groups attached to an aromatic ring is 1. The molecular formula is C16H18F3N3O2. The lowest BCUT2D eigenvalue weighted by molar-refractivity contribution is -0.136. The van der Waals surface area contributed by atoms with Gasteiger partial charge >= 0.3 is 6.18 Å². The van der Waals surface area contributed by atoms with E-state index in [2.05, 4.69) is 4.98 Å². The number of alkyl halides is 3. The molecule has 2 rings (SSSR count). The SMILES string of the molecule is CCCCOc1cc(C(F)(F)F)c2nc(C(=O)NN)cc(C)c2c1. The maximum atomic E-state index is 13.4. The van der Waals surface area contributed by atoms with Gasteiger partial charge < -0.3 is 4.74 Å². The minimum Gasteiger partial charge on any atom is -0.494 e. The fourth-order valence-electron chi connectivity index (χ4n) is 2.29. The van der Waals surface area contributed by atoms with E-state index in [-0.39, 0.29) is 22.3 Å². The Hall–Kier alpha value is -2.35. The van der Waals surface area contributed by atoms with Gasteiger partial charge in [0.15, 0.2) is 0 Å². The van der Waals surface area contributed by atoms with Crippen LogP contribution in [0, 0.1) is 6.92 Å². The number of nitrogens with zero attached hydrogens (tertiary/aromatic N) is 1. The number of aromatic nitrogens is 1. The number of hydrazine groups is 1. The first kappa shape index (κ1) is 18.0. The Balaban J connectivity index is 2.65. The van der Waals surface area contributed by atoms with Crippen molar-refractivity contribution in [3.8, 4) is 5.75 Å². The fraction of sp³-hybridized carbons (Fsp3) is 0.375. The first-order valence-electron chi connectivity index (χ1n) is 7.44. The summed E-state index contributed by atoms with van der Waals surface area (Å²) in [5.41, 5.74) is 0.928. The van der Waals surface area contributed by atoms with Crippen LogP contribution in [0.5, 0.6) is 5.75 Å². The van der Waals surface area contributed by atoms with Gasteiger partial charge in [-0.25, -0.2) is 10.8 Å². The van der Waals surface area contributed by atoms with Crippen LogP contribution < -0.4 is 16.0 Å². The van der Waals surface area contributed by atoms with Gasteiger partial charge in [0.2, 0.25) is 0 Å². The summed E-state index contributed by atoms with van der Waals surface area (Å²) in [6.07, 6.45) is -3.01. The molecule has 130 valence electrons. The van der Waals surface area contributed by atoms with E-state index >= 15 is 0 Å². The van der Waals surface area contributed by atoms with Crippen LogP contribution in [0.3, 0.4) is 0 Å². The largest absolute Gasteiger partial charge is 0.494 e. The highest BCUT2D eigenvalue weighted by Gasteiger charge is 2.34. The van der Waals surface area contributed by atoms with Crippen LogP contribution >= 0.6 is 0 Å². The minimum atomic E-state index is -4.63. The number of fused-ring (bicyclic) bond motifs is 1. The number of rotatable bonds is 5. The van der Waals surface area contributed by atoms with Gasteiger partial charge in [-0.3, -0.25) is 10.2 Å². The molecule has 0 fully saturated rings. The summed E-state index contributed by atoms with van der Waals surface area (Å²) in [5.74, 6) is 4.41. The third-order valence-electron chi connectivity index (χ3n) is 3.53. The maximum Gasteiger partial charge on any atom is 0.418 e. The van der Waals surface area contributed by atoms with Crippen molar-refractivity contribution in [1.82, 2.24) is 10.4 Å². The Morgan fingerprint density at radius 1 is 1.33 bits per heavy atom. The molecule has 0 aliphatic carbocycles. The number of pyridine rings is 1. The Morgan fingerprint density at radius 2 is 2.04 bits per heavy atom. The molecule has 1 aromatic heterocycles. The number of ether oxygens (including phenoxy) is 1. The molecule has 5 nitrogen and oxygen atoms in total. The van der Waals surface area contributed by atoms with E-state index in [1.807, 2.05) is 12.3 Å². The number of nitrogens with one attached hydrogen (secondary N) is 1. The molecule has 0 aliphatic heterocycles. The number of hydrogen-bond donors (Lipinski definition) is 2. The van der Waals surface area contributed by atoms with E-state index in [9.17, 15) is 18.0 Å². The fourth-order valence-corrected chi connectivity index (χ4v) is 2.29. The molecule has 1 amide bonds. The summed E-state index contributed by atoms with van der Waals surface area (Å²) in [5, 5.41) is 0.282. The second kappa shape index (κ2) is 7.04. The zero-order valence-electron chi connectivity index (χ0n) is 13.3. The first-order valence-corrected chi connectivity index (χ1v) is 7.44. The summed E-state index contributed by atoms with van der Waals surface area (Å²) >= 11 is 0. The summed E-state index contributed by atoms with van der Waals surface area (Å²) in [7, 11) is 0. The Morgan fingerprint density at radius 3 is 2.62 bits per heavy atom. The van der Waals surface area contributed by atoms with E-state index < -0.39 is 17.6 Å². The number of unbranched alkanes of at least 4 members (excludes halogenated alkanes) is 1. The lowest BCUT2D eigenvalue weighted by atomic mass is 10.0. The van der Waals surface area contributed by atoms with Crippen molar-refractivity contribution in [2.24, 2.45) is 5.84 Å². The molecule has 0 bridgehead atoms. The van der Waals surface area contributed by atoms with Crippen molar-refractivity contribution in [3.05, 3.63) is 35.0 Å². The average molecular weight is 341 g/mol. The van der Waals surface area contributed by atoms with Crippen LogP contribution in [-0.2, 0) is 6.18 Å². The van der Waals surface area contributed by atoms with Gasteiger partial charge in [0.25, 0.3) is 5.91 Å². The topological polar surface area (TPSA) is 77.2 Å². The highest BCUT2D eigenvalue weighted by Crippen LogP contribution is 2.38. The number of nitrogens with two attached hydrogens (primary N) is 1. The van der Waals surface area contributed by atoms with E-state index in [1.54, 1.807) is 6.92 Å². The molecule has 0 unspecified atom stereocenters. The lowest BCUT2D eigenvalue weighted by Gasteiger charge is -2.15. The molecule has 0 saturated heterocycles. The highest BCUT2D eigenvalue weighted by molar-refractivity contribution is 5.96. The monoisotopic (exact) mass is 341 g/mol. The number of halogens is 3. The molecular weight excluding hydrogens is 323 g/mol. The van der Waals surface area contributed by atoms with Gasteiger partial charge in [0, 0.05) is 5.39 Å². The van der Waals surface area contributed by atoms with Gasteiger partial charge in [0.05, 0.1) is 17.7 Å². The number of hydrogen-bond acceptors (Lipinski definition) is 4. The van der Waals surface area contributed by atoms with Crippen LogP contribution in [0.25, 0.3) is 10.9 Å². The van der Waals surface area contributed by atoms with E-state index in [1.165, 1.54) is 12.1 Å². The molecule has 0 aliphatic rings. The predicted molar refractivity (Wildman–Crippen MR) is 83.5 cm³/mol. The van der Waals surface area contributed by atoms with Crippen LogP contribution in [0.2, 0.25) is 0 Å². The summed E-state index contributed by atoms with van der Waals surface area (Å²) in [6, 6.07) is 3.81. The van der Waals surface area contributed by atoms with Gasteiger partial charge in [-0.15, -0.1) is 0 Å². The summed E-state index contributed by atoms with van der Waals surface area (Å²) in [6.45, 7) is 3.90. The Kier molecular flexibility index (Phi) is 5.28. The number of amides is 1. The van der Waals surface area contributed by atoms with Crippen molar-refractivity contribution in [2.75, 3.05) is 6.61 Å². The van der Waals surface area contributed by atoms with Crippen molar-refractivity contribution in [3.63, 3.8) is 0 Å². The molecule has 0 spiro atoms. The van der Waals surface area contributed by atoms with Gasteiger partial charge in [0.1, 0.15) is 11.4 Å². The predicted octanol–water partition coefficient (Wildman–Crippen LogP) is 3.34. The molecule has 1 heterocycles. The zero-order chi connectivity index (χ0) is 17.9. The lowest BCUT2D eigenvalue weighted by Crippen LogP contribution is -2.30. The molecule has 8 heteroatoms. The maximum absolute atomic E-state index is 13.4. The Bertz CT molecular complexity index is 760. The molecule has 0 saturated carbocycles. The number of carbonyl (C=O) groups is 1. The Labute approximate surface area is 137 Å². The zero-order valence-corrected chi connectivity index (χ0v) is 13.3. The third kappa shape index (κ3) is 3.76. The molecule has 3 N–H and O–H groups in total. The second-order valence-electron chi connectivity index (χ2n) is 5.36. The highest BCUT2D eigenvalue weighted by atomic mass is 19.4. The van der Waals surface area contributed by atoms with E-state index in [4.69, 9.17) is 10.6 Å².